The molecule has 0 saturated carbocycles. The van der Waals surface area contributed by atoms with Gasteiger partial charge in [-0.1, -0.05) is 17.5 Å². The van der Waals surface area contributed by atoms with Crippen LogP contribution < -0.4 is 0 Å². The lowest BCUT2D eigenvalue weighted by Gasteiger charge is -2.20. The zero-order valence-corrected chi connectivity index (χ0v) is 16.0. The van der Waals surface area contributed by atoms with Crippen molar-refractivity contribution in [2.45, 2.75) is 32.9 Å². The predicted molar refractivity (Wildman–Crippen MR) is 101 cm³/mol. The minimum Gasteiger partial charge on any atom is -0.481 e. The van der Waals surface area contributed by atoms with Gasteiger partial charge in [-0.05, 0) is 38.3 Å². The third-order valence-corrected chi connectivity index (χ3v) is 4.83. The molecule has 1 aliphatic heterocycles. The number of rotatable bonds is 4. The molecule has 3 aromatic heterocycles. The van der Waals surface area contributed by atoms with Crippen LogP contribution in [0.3, 0.4) is 0 Å². The molecule has 0 aliphatic carbocycles. The fraction of sp³-hybridized carbons (Fsp3) is 0.368. The highest BCUT2D eigenvalue weighted by atomic mass is 35.5. The van der Waals surface area contributed by atoms with Gasteiger partial charge in [0.15, 0.2) is 22.4 Å². The van der Waals surface area contributed by atoms with Crippen LogP contribution in [0, 0.1) is 24.7 Å². The van der Waals surface area contributed by atoms with Crippen LogP contribution in [-0.2, 0) is 9.53 Å². The minimum atomic E-state index is -0.884. The molecule has 1 saturated heterocycles. The highest BCUT2D eigenvalue weighted by molar-refractivity contribution is 6.33. The number of fused-ring (bicyclic) bond motifs is 1. The molecule has 0 spiro atoms. The lowest BCUT2D eigenvalue weighted by Crippen LogP contribution is -2.19. The number of furan rings is 1. The smallest absolute Gasteiger partial charge is 0.303 e. The SMILES string of the molecule is CC#Cc1nc(Cl)c2nc(-c3ccc(C)o3)n([C@@H]3OCC[C@@H]3CC(=O)O)c2n1. The van der Waals surface area contributed by atoms with Crippen molar-refractivity contribution in [1.82, 2.24) is 19.5 Å². The van der Waals surface area contributed by atoms with E-state index in [1.807, 2.05) is 13.0 Å². The molecule has 0 bridgehead atoms. The van der Waals surface area contributed by atoms with Crippen molar-refractivity contribution in [2.75, 3.05) is 6.61 Å². The molecule has 3 aromatic rings. The molecule has 144 valence electrons. The normalized spacial score (nSPS) is 19.0. The molecule has 0 aromatic carbocycles. The van der Waals surface area contributed by atoms with Crippen LogP contribution in [0.1, 0.15) is 37.6 Å². The van der Waals surface area contributed by atoms with Gasteiger partial charge in [0, 0.05) is 12.5 Å². The number of imidazole rings is 1. The predicted octanol–water partition coefficient (Wildman–Crippen LogP) is 3.43. The maximum atomic E-state index is 11.3. The summed E-state index contributed by atoms with van der Waals surface area (Å²) in [5.74, 6) is 6.38. The number of nitrogens with zero attached hydrogens (tertiary/aromatic N) is 4. The lowest BCUT2D eigenvalue weighted by atomic mass is 10.0. The molecule has 9 heteroatoms. The van der Waals surface area contributed by atoms with Crippen LogP contribution in [0.5, 0.6) is 0 Å². The van der Waals surface area contributed by atoms with E-state index in [4.69, 9.17) is 20.8 Å². The van der Waals surface area contributed by atoms with Gasteiger partial charge in [-0.15, -0.1) is 0 Å². The zero-order valence-electron chi connectivity index (χ0n) is 15.3. The molecule has 4 rings (SSSR count). The van der Waals surface area contributed by atoms with Crippen molar-refractivity contribution >= 4 is 28.7 Å². The van der Waals surface area contributed by atoms with Crippen LogP contribution in [0.15, 0.2) is 16.5 Å². The molecule has 0 amide bonds. The van der Waals surface area contributed by atoms with E-state index in [2.05, 4.69) is 26.8 Å². The van der Waals surface area contributed by atoms with E-state index >= 15 is 0 Å². The second-order valence-corrected chi connectivity index (χ2v) is 6.87. The number of ether oxygens (including phenoxy) is 1. The first-order valence-corrected chi connectivity index (χ1v) is 9.14. The number of carboxylic acid groups (broad SMARTS) is 1. The molecule has 8 nitrogen and oxygen atoms in total. The van der Waals surface area contributed by atoms with Gasteiger partial charge < -0.3 is 14.3 Å². The lowest BCUT2D eigenvalue weighted by molar-refractivity contribution is -0.139. The number of aliphatic carboxylic acids is 1. The van der Waals surface area contributed by atoms with E-state index in [-0.39, 0.29) is 23.3 Å². The molecule has 0 radical (unpaired) electrons. The number of aromatic nitrogens is 4. The quantitative estimate of drug-likeness (QED) is 0.528. The van der Waals surface area contributed by atoms with E-state index in [0.717, 1.165) is 5.76 Å². The van der Waals surface area contributed by atoms with Crippen LogP contribution in [0.25, 0.3) is 22.7 Å². The van der Waals surface area contributed by atoms with Crippen molar-refractivity contribution in [3.8, 4) is 23.4 Å². The molecule has 1 aliphatic rings. The Labute approximate surface area is 165 Å². The van der Waals surface area contributed by atoms with E-state index in [1.54, 1.807) is 17.6 Å². The molecule has 2 atom stereocenters. The van der Waals surface area contributed by atoms with Gasteiger partial charge in [0.05, 0.1) is 6.42 Å². The zero-order chi connectivity index (χ0) is 19.8. The molecule has 0 unspecified atom stereocenters. The highest BCUT2D eigenvalue weighted by Gasteiger charge is 2.36. The van der Waals surface area contributed by atoms with Gasteiger partial charge in [0.1, 0.15) is 17.5 Å². The minimum absolute atomic E-state index is 0.0264. The van der Waals surface area contributed by atoms with Gasteiger partial charge in [-0.25, -0.2) is 15.0 Å². The highest BCUT2D eigenvalue weighted by Crippen LogP contribution is 2.39. The van der Waals surface area contributed by atoms with Crippen LogP contribution >= 0.6 is 11.6 Å². The number of hydrogen-bond donors (Lipinski definition) is 1. The van der Waals surface area contributed by atoms with Crippen molar-refractivity contribution < 1.29 is 19.1 Å². The van der Waals surface area contributed by atoms with Crippen molar-refractivity contribution in [3.05, 3.63) is 28.9 Å². The van der Waals surface area contributed by atoms with Crippen molar-refractivity contribution in [3.63, 3.8) is 0 Å². The second kappa shape index (κ2) is 7.26. The summed E-state index contributed by atoms with van der Waals surface area (Å²) in [5, 5.41) is 9.45. The van der Waals surface area contributed by atoms with E-state index in [1.165, 1.54) is 0 Å². The number of carboxylic acids is 1. The molecule has 1 fully saturated rings. The number of aryl methyl sites for hydroxylation is 1. The van der Waals surface area contributed by atoms with Crippen LogP contribution in [-0.4, -0.2) is 37.2 Å². The van der Waals surface area contributed by atoms with Crippen LogP contribution in [0.4, 0.5) is 0 Å². The van der Waals surface area contributed by atoms with Gasteiger partial charge in [0.2, 0.25) is 5.82 Å². The average Bonchev–Trinajstić information content (AvgIpc) is 3.33. The fourth-order valence-electron chi connectivity index (χ4n) is 3.41. The summed E-state index contributed by atoms with van der Waals surface area (Å²) in [6, 6.07) is 3.62. The maximum Gasteiger partial charge on any atom is 0.303 e. The Morgan fingerprint density at radius 2 is 2.21 bits per heavy atom. The van der Waals surface area contributed by atoms with E-state index in [0.29, 0.717) is 35.8 Å². The Morgan fingerprint density at radius 1 is 1.39 bits per heavy atom. The summed E-state index contributed by atoms with van der Waals surface area (Å²) >= 11 is 6.34. The Balaban J connectivity index is 1.97. The standard InChI is InChI=1S/C19H17ClN4O4/c1-3-4-13-21-16(20)15-18(22-13)24(17(23-15)12-6-5-10(2)28-12)19-11(7-8-27-19)9-14(25)26/h5-6,11,19H,7-9H2,1-2H3,(H,25,26)/t11-,19-/m1/s1. The Bertz CT molecular complexity index is 1120. The number of halogens is 1. The Hall–Kier alpha value is -2.89. The molecule has 1 N–H and O–H groups in total. The summed E-state index contributed by atoms with van der Waals surface area (Å²) in [4.78, 5) is 24.6. The van der Waals surface area contributed by atoms with Gasteiger partial charge in [-0.2, -0.15) is 0 Å². The Morgan fingerprint density at radius 3 is 2.89 bits per heavy atom. The Kier molecular flexibility index (Phi) is 4.79. The first-order chi connectivity index (χ1) is 13.5. The average molecular weight is 401 g/mol. The molecular weight excluding hydrogens is 384 g/mol. The van der Waals surface area contributed by atoms with Gasteiger partial charge >= 0.3 is 5.97 Å². The summed E-state index contributed by atoms with van der Waals surface area (Å²) in [6.07, 6.45) is 0.0321. The van der Waals surface area contributed by atoms with Crippen LogP contribution in [0.2, 0.25) is 5.15 Å². The maximum absolute atomic E-state index is 11.3. The van der Waals surface area contributed by atoms with E-state index < -0.39 is 12.2 Å². The largest absolute Gasteiger partial charge is 0.481 e. The third-order valence-electron chi connectivity index (χ3n) is 4.57. The number of hydrogen-bond acceptors (Lipinski definition) is 6. The van der Waals surface area contributed by atoms with Gasteiger partial charge in [-0.3, -0.25) is 9.36 Å². The van der Waals surface area contributed by atoms with Gasteiger partial charge in [0.25, 0.3) is 0 Å². The molecule has 4 heterocycles. The number of carbonyl (C=O) groups is 1. The summed E-state index contributed by atoms with van der Waals surface area (Å²) < 4.78 is 13.4. The van der Waals surface area contributed by atoms with Crippen molar-refractivity contribution in [1.29, 1.82) is 0 Å². The fourth-order valence-corrected chi connectivity index (χ4v) is 3.62. The summed E-state index contributed by atoms with van der Waals surface area (Å²) in [7, 11) is 0. The molecular formula is C19H17ClN4O4. The summed E-state index contributed by atoms with van der Waals surface area (Å²) in [6.45, 7) is 3.95. The second-order valence-electron chi connectivity index (χ2n) is 6.51. The van der Waals surface area contributed by atoms with Crippen molar-refractivity contribution in [2.24, 2.45) is 5.92 Å². The third kappa shape index (κ3) is 3.23. The van der Waals surface area contributed by atoms with E-state index in [9.17, 15) is 9.90 Å². The monoisotopic (exact) mass is 400 g/mol. The molecule has 28 heavy (non-hydrogen) atoms. The topological polar surface area (TPSA) is 103 Å². The first kappa shape index (κ1) is 18.5. The first-order valence-electron chi connectivity index (χ1n) is 8.76. The summed E-state index contributed by atoms with van der Waals surface area (Å²) in [5.41, 5.74) is 0.820.